The van der Waals surface area contributed by atoms with Gasteiger partial charge in [0.1, 0.15) is 5.69 Å². The molecule has 0 saturated heterocycles. The minimum absolute atomic E-state index is 0.112. The second-order valence-electron chi connectivity index (χ2n) is 4.17. The van der Waals surface area contributed by atoms with E-state index < -0.39 is 0 Å². The zero-order valence-electron chi connectivity index (χ0n) is 10.1. The predicted octanol–water partition coefficient (Wildman–Crippen LogP) is 0.726. The summed E-state index contributed by atoms with van der Waals surface area (Å²) in [6.45, 7) is 3.72. The van der Waals surface area contributed by atoms with Gasteiger partial charge in [-0.05, 0) is 13.0 Å². The van der Waals surface area contributed by atoms with Crippen LogP contribution in [-0.4, -0.2) is 26.4 Å². The highest BCUT2D eigenvalue weighted by atomic mass is 16.5. The summed E-state index contributed by atoms with van der Waals surface area (Å²) in [7, 11) is 0. The first-order valence-corrected chi connectivity index (χ1v) is 6.01. The fourth-order valence-corrected chi connectivity index (χ4v) is 2.15. The quantitative estimate of drug-likeness (QED) is 0.847. The molecule has 2 aromatic heterocycles. The third-order valence-corrected chi connectivity index (χ3v) is 3.09. The van der Waals surface area contributed by atoms with Crippen molar-refractivity contribution in [2.45, 2.75) is 26.5 Å². The summed E-state index contributed by atoms with van der Waals surface area (Å²) in [5, 5.41) is 4.18. The van der Waals surface area contributed by atoms with E-state index in [9.17, 15) is 4.79 Å². The number of aryl methyl sites for hydroxylation is 1. The zero-order valence-corrected chi connectivity index (χ0v) is 10.1. The second kappa shape index (κ2) is 4.38. The molecule has 0 bridgehead atoms. The number of nitrogens with zero attached hydrogens (tertiary/aromatic N) is 3. The molecule has 0 fully saturated rings. The van der Waals surface area contributed by atoms with Crippen LogP contribution in [0.2, 0.25) is 0 Å². The molecule has 6 heteroatoms. The second-order valence-corrected chi connectivity index (χ2v) is 4.17. The van der Waals surface area contributed by atoms with Crippen LogP contribution in [0.1, 0.15) is 18.2 Å². The monoisotopic (exact) mass is 246 g/mol. The minimum Gasteiger partial charge on any atom is -0.376 e. The Morgan fingerprint density at radius 2 is 2.44 bits per heavy atom. The zero-order chi connectivity index (χ0) is 12.5. The largest absolute Gasteiger partial charge is 0.376 e. The van der Waals surface area contributed by atoms with Crippen LogP contribution in [0.4, 0.5) is 0 Å². The van der Waals surface area contributed by atoms with Crippen molar-refractivity contribution in [1.29, 1.82) is 0 Å². The summed E-state index contributed by atoms with van der Waals surface area (Å²) in [5.74, 6) is 0.583. The predicted molar refractivity (Wildman–Crippen MR) is 65.1 cm³/mol. The van der Waals surface area contributed by atoms with Crippen LogP contribution in [0.15, 0.2) is 17.1 Å². The van der Waals surface area contributed by atoms with Gasteiger partial charge >= 0.3 is 0 Å². The molecule has 0 aromatic carbocycles. The van der Waals surface area contributed by atoms with Gasteiger partial charge in [0.25, 0.3) is 5.56 Å². The number of ether oxygens (including phenoxy) is 1. The van der Waals surface area contributed by atoms with Crippen molar-refractivity contribution >= 4 is 0 Å². The van der Waals surface area contributed by atoms with Gasteiger partial charge in [-0.1, -0.05) is 0 Å². The van der Waals surface area contributed by atoms with E-state index in [1.807, 2.05) is 17.7 Å². The van der Waals surface area contributed by atoms with Crippen LogP contribution in [0.25, 0.3) is 11.5 Å². The molecule has 18 heavy (non-hydrogen) atoms. The lowest BCUT2D eigenvalue weighted by molar-refractivity contribution is 0.108. The molecular formula is C12H14N4O2. The summed E-state index contributed by atoms with van der Waals surface area (Å²) in [5.41, 5.74) is 2.21. The van der Waals surface area contributed by atoms with Crippen molar-refractivity contribution in [1.82, 2.24) is 19.7 Å². The van der Waals surface area contributed by atoms with E-state index in [2.05, 4.69) is 15.1 Å². The molecule has 94 valence electrons. The van der Waals surface area contributed by atoms with Gasteiger partial charge in [0.15, 0.2) is 5.82 Å². The van der Waals surface area contributed by atoms with Crippen LogP contribution >= 0.6 is 0 Å². The molecule has 0 spiro atoms. The minimum atomic E-state index is -0.112. The Morgan fingerprint density at radius 1 is 1.56 bits per heavy atom. The molecule has 0 aliphatic carbocycles. The van der Waals surface area contributed by atoms with E-state index >= 15 is 0 Å². The summed E-state index contributed by atoms with van der Waals surface area (Å²) in [4.78, 5) is 19.3. The average Bonchev–Trinajstić information content (AvgIpc) is 2.87. The first-order chi connectivity index (χ1) is 8.79. The molecule has 1 aliphatic rings. The van der Waals surface area contributed by atoms with Crippen LogP contribution in [-0.2, 0) is 24.3 Å². The molecular weight excluding hydrogens is 232 g/mol. The molecule has 2 aromatic rings. The van der Waals surface area contributed by atoms with Gasteiger partial charge < -0.3 is 9.72 Å². The number of hydrogen-bond donors (Lipinski definition) is 1. The lowest BCUT2D eigenvalue weighted by Gasteiger charge is -2.15. The van der Waals surface area contributed by atoms with Gasteiger partial charge in [-0.3, -0.25) is 9.48 Å². The van der Waals surface area contributed by atoms with E-state index in [1.54, 1.807) is 6.20 Å². The van der Waals surface area contributed by atoms with E-state index in [4.69, 9.17) is 4.74 Å². The summed E-state index contributed by atoms with van der Waals surface area (Å²) < 4.78 is 7.08. The summed E-state index contributed by atoms with van der Waals surface area (Å²) in [6, 6.07) is 1.85. The number of nitrogens with one attached hydrogen (secondary N) is 1. The normalized spacial score (nSPS) is 14.5. The number of H-pyrrole nitrogens is 1. The number of aromatic amines is 1. The van der Waals surface area contributed by atoms with Gasteiger partial charge in [0.2, 0.25) is 0 Å². The maximum atomic E-state index is 12.0. The maximum Gasteiger partial charge on any atom is 0.256 e. The van der Waals surface area contributed by atoms with Crippen molar-refractivity contribution < 1.29 is 4.74 Å². The molecule has 3 heterocycles. The van der Waals surface area contributed by atoms with Crippen molar-refractivity contribution in [3.63, 3.8) is 0 Å². The first kappa shape index (κ1) is 11.2. The van der Waals surface area contributed by atoms with Gasteiger partial charge in [-0.25, -0.2) is 4.98 Å². The van der Waals surface area contributed by atoms with Crippen LogP contribution in [0.3, 0.4) is 0 Å². The highest BCUT2D eigenvalue weighted by Gasteiger charge is 2.17. The molecule has 0 radical (unpaired) electrons. The topological polar surface area (TPSA) is 72.8 Å². The summed E-state index contributed by atoms with van der Waals surface area (Å²) >= 11 is 0. The van der Waals surface area contributed by atoms with Gasteiger partial charge in [-0.15, -0.1) is 0 Å². The van der Waals surface area contributed by atoms with Crippen molar-refractivity contribution in [2.24, 2.45) is 0 Å². The van der Waals surface area contributed by atoms with Gasteiger partial charge in [0.05, 0.1) is 24.5 Å². The molecule has 0 atom stereocenters. The van der Waals surface area contributed by atoms with Crippen molar-refractivity contribution in [3.05, 3.63) is 33.9 Å². The Balaban J connectivity index is 2.14. The Kier molecular flexibility index (Phi) is 2.71. The number of aromatic nitrogens is 4. The molecule has 0 unspecified atom stereocenters. The lowest BCUT2D eigenvalue weighted by atomic mass is 10.1. The van der Waals surface area contributed by atoms with E-state index in [0.29, 0.717) is 31.0 Å². The highest BCUT2D eigenvalue weighted by Crippen LogP contribution is 2.16. The molecule has 0 saturated carbocycles. The van der Waals surface area contributed by atoms with E-state index in [0.717, 1.165) is 17.9 Å². The Bertz CT molecular complexity index is 629. The highest BCUT2D eigenvalue weighted by molar-refractivity contribution is 5.49. The van der Waals surface area contributed by atoms with Crippen LogP contribution in [0, 0.1) is 0 Å². The standard InChI is InChI=1S/C12H14N4O2/c1-2-16-10(3-5-13-16)11-14-9-4-6-18-7-8(9)12(17)15-11/h3,5H,2,4,6-7H2,1H3,(H,14,15,17). The Hall–Kier alpha value is -1.95. The number of rotatable bonds is 2. The van der Waals surface area contributed by atoms with Crippen molar-refractivity contribution in [2.75, 3.05) is 6.61 Å². The smallest absolute Gasteiger partial charge is 0.256 e. The van der Waals surface area contributed by atoms with Crippen molar-refractivity contribution in [3.8, 4) is 11.5 Å². The van der Waals surface area contributed by atoms with Crippen LogP contribution in [0.5, 0.6) is 0 Å². The molecule has 6 nitrogen and oxygen atoms in total. The third-order valence-electron chi connectivity index (χ3n) is 3.09. The molecule has 3 rings (SSSR count). The maximum absolute atomic E-state index is 12.0. The fraction of sp³-hybridized carbons (Fsp3) is 0.417. The number of hydrogen-bond acceptors (Lipinski definition) is 4. The van der Waals surface area contributed by atoms with Crippen LogP contribution < -0.4 is 5.56 Å². The van der Waals surface area contributed by atoms with Gasteiger partial charge in [-0.2, -0.15) is 5.10 Å². The molecule has 1 aliphatic heterocycles. The summed E-state index contributed by atoms with van der Waals surface area (Å²) in [6.07, 6.45) is 2.40. The Morgan fingerprint density at radius 3 is 3.28 bits per heavy atom. The Labute approximate surface area is 104 Å². The molecule has 1 N–H and O–H groups in total. The van der Waals surface area contributed by atoms with E-state index in [1.165, 1.54) is 0 Å². The SMILES string of the molecule is CCn1nccc1-c1nc2c(c(=O)[nH]1)COCC2. The first-order valence-electron chi connectivity index (χ1n) is 6.01. The third kappa shape index (κ3) is 1.74. The fourth-order valence-electron chi connectivity index (χ4n) is 2.15. The number of fused-ring (bicyclic) bond motifs is 1. The molecule has 0 amide bonds. The van der Waals surface area contributed by atoms with Gasteiger partial charge in [0, 0.05) is 19.2 Å². The van der Waals surface area contributed by atoms with E-state index in [-0.39, 0.29) is 5.56 Å². The average molecular weight is 246 g/mol. The lowest BCUT2D eigenvalue weighted by Crippen LogP contribution is -2.24.